The van der Waals surface area contributed by atoms with Crippen molar-refractivity contribution in [1.82, 2.24) is 0 Å². The third-order valence-corrected chi connectivity index (χ3v) is 11.0. The Morgan fingerprint density at radius 1 is 0.344 bits per heavy atom. The van der Waals surface area contributed by atoms with E-state index >= 15 is 0 Å². The minimum Gasteiger partial charge on any atom is -0.462 e. The van der Waals surface area contributed by atoms with Gasteiger partial charge in [0.15, 0.2) is 6.10 Å². The number of carbonyl (C=O) groups is 3. The molecular formula is C55H96O6. The van der Waals surface area contributed by atoms with Crippen LogP contribution in [-0.4, -0.2) is 37.2 Å². The van der Waals surface area contributed by atoms with Gasteiger partial charge in [-0.25, -0.2) is 0 Å². The number of hydrogen-bond donors (Lipinski definition) is 0. The maximum absolute atomic E-state index is 12.8. The zero-order valence-electron chi connectivity index (χ0n) is 40.2. The lowest BCUT2D eigenvalue weighted by molar-refractivity contribution is -0.167. The van der Waals surface area contributed by atoms with Gasteiger partial charge in [-0.3, -0.25) is 14.4 Å². The van der Waals surface area contributed by atoms with Crippen molar-refractivity contribution in [1.29, 1.82) is 0 Å². The minimum absolute atomic E-state index is 0.0856. The largest absolute Gasteiger partial charge is 0.462 e. The lowest BCUT2D eigenvalue weighted by Crippen LogP contribution is -2.30. The average Bonchev–Trinajstić information content (AvgIpc) is 3.26. The van der Waals surface area contributed by atoms with Crippen LogP contribution in [-0.2, 0) is 28.6 Å². The molecule has 0 saturated carbocycles. The molecule has 0 fully saturated rings. The standard InChI is InChI=1S/C55H96O6/c1-4-7-10-13-16-19-21-23-25-26-27-28-30-31-33-36-39-42-45-48-54(57)60-51-52(50-59-53(56)47-44-41-38-35-18-15-12-9-6-3)61-55(58)49-46-43-40-37-34-32-29-24-22-20-17-14-11-8-5-2/h7,9-10,12,16,18-19,23,25,35,52H,4-6,8,11,13-15,17,20-22,24,26-34,36-51H2,1-3H3/b10-7-,12-9-,19-16-,25-23-,35-18-. The van der Waals surface area contributed by atoms with Crippen molar-refractivity contribution in [3.05, 3.63) is 60.8 Å². The van der Waals surface area contributed by atoms with Crippen molar-refractivity contribution >= 4 is 17.9 Å². The molecular weight excluding hydrogens is 757 g/mol. The molecule has 0 amide bonds. The summed E-state index contributed by atoms with van der Waals surface area (Å²) in [5.41, 5.74) is 0. The smallest absolute Gasteiger partial charge is 0.306 e. The highest BCUT2D eigenvalue weighted by Gasteiger charge is 2.19. The van der Waals surface area contributed by atoms with Crippen LogP contribution in [0.5, 0.6) is 0 Å². The van der Waals surface area contributed by atoms with E-state index in [0.717, 1.165) is 89.9 Å². The predicted molar refractivity (Wildman–Crippen MR) is 261 cm³/mol. The molecule has 0 aliphatic rings. The van der Waals surface area contributed by atoms with Crippen molar-refractivity contribution in [2.24, 2.45) is 0 Å². The Labute approximate surface area is 377 Å². The Kier molecular flexibility index (Phi) is 47.4. The monoisotopic (exact) mass is 853 g/mol. The van der Waals surface area contributed by atoms with E-state index in [-0.39, 0.29) is 31.1 Å². The van der Waals surface area contributed by atoms with Gasteiger partial charge in [0.25, 0.3) is 0 Å². The lowest BCUT2D eigenvalue weighted by atomic mass is 10.0. The number of carbonyl (C=O) groups excluding carboxylic acids is 3. The summed E-state index contributed by atoms with van der Waals surface area (Å²) >= 11 is 0. The summed E-state index contributed by atoms with van der Waals surface area (Å²) < 4.78 is 16.7. The summed E-state index contributed by atoms with van der Waals surface area (Å²) in [6.07, 6.45) is 60.8. The molecule has 0 aromatic rings. The Bertz CT molecular complexity index is 1120. The number of allylic oxidation sites excluding steroid dienone is 10. The number of unbranched alkanes of at least 4 members (excludes halogenated alkanes) is 25. The second-order valence-electron chi connectivity index (χ2n) is 17.0. The molecule has 352 valence electrons. The van der Waals surface area contributed by atoms with E-state index in [1.54, 1.807) is 0 Å². The van der Waals surface area contributed by atoms with E-state index in [4.69, 9.17) is 14.2 Å². The fourth-order valence-electron chi connectivity index (χ4n) is 7.20. The average molecular weight is 853 g/mol. The molecule has 0 heterocycles. The van der Waals surface area contributed by atoms with E-state index in [0.29, 0.717) is 19.3 Å². The van der Waals surface area contributed by atoms with Crippen LogP contribution < -0.4 is 0 Å². The van der Waals surface area contributed by atoms with Gasteiger partial charge in [0.05, 0.1) is 0 Å². The first-order chi connectivity index (χ1) is 30.0. The third kappa shape index (κ3) is 48.0. The molecule has 0 rings (SSSR count). The van der Waals surface area contributed by atoms with Gasteiger partial charge in [-0.1, -0.05) is 216 Å². The Balaban J connectivity index is 4.30. The quantitative estimate of drug-likeness (QED) is 0.0263. The van der Waals surface area contributed by atoms with Crippen LogP contribution in [0.2, 0.25) is 0 Å². The van der Waals surface area contributed by atoms with Gasteiger partial charge in [-0.2, -0.15) is 0 Å². The number of rotatable bonds is 46. The fourth-order valence-corrected chi connectivity index (χ4v) is 7.20. The highest BCUT2D eigenvalue weighted by Crippen LogP contribution is 2.16. The molecule has 0 aromatic heterocycles. The number of ether oxygens (including phenoxy) is 3. The summed E-state index contributed by atoms with van der Waals surface area (Å²) in [6, 6.07) is 0. The number of esters is 3. The molecule has 0 aliphatic heterocycles. The van der Waals surface area contributed by atoms with Crippen LogP contribution in [0.25, 0.3) is 0 Å². The predicted octanol–water partition coefficient (Wildman–Crippen LogP) is 16.9. The Morgan fingerprint density at radius 3 is 1.03 bits per heavy atom. The third-order valence-electron chi connectivity index (χ3n) is 11.0. The molecule has 0 aromatic carbocycles. The SMILES string of the molecule is CC/C=C\C/C=C\C/C=C\CCCCCCCCCCCC(=O)OCC(COC(=O)CCCC/C=C\C/C=C\CC)OC(=O)CCCCCCCCCCCCCCCCC. The highest BCUT2D eigenvalue weighted by molar-refractivity contribution is 5.71. The van der Waals surface area contributed by atoms with E-state index < -0.39 is 6.10 Å². The highest BCUT2D eigenvalue weighted by atomic mass is 16.6. The van der Waals surface area contributed by atoms with Crippen LogP contribution in [0, 0.1) is 0 Å². The Hall–Kier alpha value is -2.89. The molecule has 1 atom stereocenters. The molecule has 6 heteroatoms. The zero-order valence-corrected chi connectivity index (χ0v) is 40.2. The van der Waals surface area contributed by atoms with Crippen LogP contribution in [0.15, 0.2) is 60.8 Å². The van der Waals surface area contributed by atoms with Gasteiger partial charge in [-0.15, -0.1) is 0 Å². The van der Waals surface area contributed by atoms with E-state index in [9.17, 15) is 14.4 Å². The van der Waals surface area contributed by atoms with E-state index in [1.807, 2.05) is 0 Å². The minimum atomic E-state index is -0.785. The van der Waals surface area contributed by atoms with Gasteiger partial charge in [0.2, 0.25) is 0 Å². The first-order valence-corrected chi connectivity index (χ1v) is 25.8. The van der Waals surface area contributed by atoms with Crippen molar-refractivity contribution < 1.29 is 28.6 Å². The summed E-state index contributed by atoms with van der Waals surface area (Å²) in [7, 11) is 0. The molecule has 6 nitrogen and oxygen atoms in total. The molecule has 0 bridgehead atoms. The van der Waals surface area contributed by atoms with Crippen LogP contribution >= 0.6 is 0 Å². The topological polar surface area (TPSA) is 78.9 Å². The van der Waals surface area contributed by atoms with Crippen molar-refractivity contribution in [3.63, 3.8) is 0 Å². The molecule has 0 radical (unpaired) electrons. The van der Waals surface area contributed by atoms with Crippen LogP contribution in [0.3, 0.4) is 0 Å². The normalized spacial score (nSPS) is 12.5. The maximum atomic E-state index is 12.8. The van der Waals surface area contributed by atoms with Gasteiger partial charge in [-0.05, 0) is 77.0 Å². The molecule has 0 N–H and O–H groups in total. The van der Waals surface area contributed by atoms with Gasteiger partial charge < -0.3 is 14.2 Å². The van der Waals surface area contributed by atoms with E-state index in [1.165, 1.54) is 122 Å². The Morgan fingerprint density at radius 2 is 0.639 bits per heavy atom. The summed E-state index contributed by atoms with van der Waals surface area (Å²) in [4.78, 5) is 37.9. The first-order valence-electron chi connectivity index (χ1n) is 25.8. The maximum Gasteiger partial charge on any atom is 0.306 e. The second kappa shape index (κ2) is 49.8. The molecule has 0 spiro atoms. The number of hydrogen-bond acceptors (Lipinski definition) is 6. The second-order valence-corrected chi connectivity index (χ2v) is 17.0. The summed E-state index contributed by atoms with van der Waals surface area (Å²) in [5.74, 6) is -0.923. The fraction of sp³-hybridized carbons (Fsp3) is 0.764. The van der Waals surface area contributed by atoms with Crippen molar-refractivity contribution in [2.45, 2.75) is 258 Å². The van der Waals surface area contributed by atoms with Crippen molar-refractivity contribution in [2.75, 3.05) is 13.2 Å². The van der Waals surface area contributed by atoms with Crippen molar-refractivity contribution in [3.8, 4) is 0 Å². The molecule has 0 aliphatic carbocycles. The van der Waals surface area contributed by atoms with Crippen LogP contribution in [0.1, 0.15) is 252 Å². The summed E-state index contributed by atoms with van der Waals surface area (Å²) in [6.45, 7) is 6.38. The summed E-state index contributed by atoms with van der Waals surface area (Å²) in [5, 5.41) is 0. The van der Waals surface area contributed by atoms with Gasteiger partial charge >= 0.3 is 17.9 Å². The first kappa shape index (κ1) is 58.1. The van der Waals surface area contributed by atoms with E-state index in [2.05, 4.69) is 81.5 Å². The van der Waals surface area contributed by atoms with Crippen LogP contribution in [0.4, 0.5) is 0 Å². The lowest BCUT2D eigenvalue weighted by Gasteiger charge is -2.18. The van der Waals surface area contributed by atoms with Gasteiger partial charge in [0.1, 0.15) is 13.2 Å². The molecule has 61 heavy (non-hydrogen) atoms. The zero-order chi connectivity index (χ0) is 44.4. The molecule has 0 saturated heterocycles. The molecule has 1 unspecified atom stereocenters. The van der Waals surface area contributed by atoms with Gasteiger partial charge in [0, 0.05) is 19.3 Å².